The summed E-state index contributed by atoms with van der Waals surface area (Å²) in [6.45, 7) is 3.56. The average Bonchev–Trinajstić information content (AvgIpc) is 2.54. The monoisotopic (exact) mass is 282 g/mol. The zero-order valence-corrected chi connectivity index (χ0v) is 11.3. The van der Waals surface area contributed by atoms with E-state index >= 15 is 0 Å². The Morgan fingerprint density at radius 2 is 1.81 bits per heavy atom. The summed E-state index contributed by atoms with van der Waals surface area (Å²) in [5.41, 5.74) is 1.87. The summed E-state index contributed by atoms with van der Waals surface area (Å²) in [6.07, 6.45) is 4.46. The fourth-order valence-electron chi connectivity index (χ4n) is 1.59. The van der Waals surface area contributed by atoms with Crippen molar-refractivity contribution >= 4 is 17.6 Å². The quantitative estimate of drug-likeness (QED) is 0.676. The Morgan fingerprint density at radius 3 is 2.43 bits per heavy atom. The van der Waals surface area contributed by atoms with E-state index in [0.29, 0.717) is 11.3 Å². The molecule has 0 atom stereocenters. The molecule has 5 nitrogen and oxygen atoms in total. The number of hydrogen-bond donors (Lipinski definition) is 1. The smallest absolute Gasteiger partial charge is 0.338 e. The van der Waals surface area contributed by atoms with Gasteiger partial charge in [-0.05, 0) is 48.0 Å². The molecule has 106 valence electrons. The Hall–Kier alpha value is -2.95. The van der Waals surface area contributed by atoms with Crippen molar-refractivity contribution in [1.29, 1.82) is 0 Å². The van der Waals surface area contributed by atoms with Gasteiger partial charge in [-0.1, -0.05) is 6.58 Å². The Morgan fingerprint density at radius 1 is 1.14 bits per heavy atom. The molecule has 0 saturated carbocycles. The summed E-state index contributed by atoms with van der Waals surface area (Å²) in [6, 6.07) is 10.00. The predicted octanol–water partition coefficient (Wildman–Crippen LogP) is 2.56. The first kappa shape index (κ1) is 14.5. The molecule has 5 heteroatoms. The van der Waals surface area contributed by atoms with Crippen LogP contribution in [-0.2, 0) is 16.1 Å². The number of nitrogens with zero attached hydrogens (tertiary/aromatic N) is 1. The van der Waals surface area contributed by atoms with Crippen molar-refractivity contribution in [2.75, 3.05) is 5.32 Å². The van der Waals surface area contributed by atoms with Crippen molar-refractivity contribution in [3.8, 4) is 0 Å². The lowest BCUT2D eigenvalue weighted by atomic mass is 10.2. The highest BCUT2D eigenvalue weighted by molar-refractivity contribution is 5.99. The van der Waals surface area contributed by atoms with Crippen LogP contribution >= 0.6 is 0 Å². The van der Waals surface area contributed by atoms with Crippen molar-refractivity contribution in [1.82, 2.24) is 4.98 Å². The van der Waals surface area contributed by atoms with E-state index in [2.05, 4.69) is 16.9 Å². The molecule has 1 N–H and O–H groups in total. The van der Waals surface area contributed by atoms with Crippen molar-refractivity contribution in [3.63, 3.8) is 0 Å². The lowest BCUT2D eigenvalue weighted by molar-refractivity contribution is -0.111. The number of anilines is 1. The van der Waals surface area contributed by atoms with Crippen LogP contribution in [0.2, 0.25) is 0 Å². The van der Waals surface area contributed by atoms with E-state index in [0.717, 1.165) is 5.56 Å². The average molecular weight is 282 g/mol. The highest BCUT2D eigenvalue weighted by Gasteiger charge is 2.07. The number of esters is 1. The first-order valence-electron chi connectivity index (χ1n) is 6.28. The predicted molar refractivity (Wildman–Crippen MR) is 78.6 cm³/mol. The second kappa shape index (κ2) is 7.00. The van der Waals surface area contributed by atoms with Crippen LogP contribution in [0.3, 0.4) is 0 Å². The van der Waals surface area contributed by atoms with Crippen molar-refractivity contribution in [2.24, 2.45) is 0 Å². The van der Waals surface area contributed by atoms with Crippen molar-refractivity contribution < 1.29 is 14.3 Å². The van der Waals surface area contributed by atoms with Gasteiger partial charge in [0.2, 0.25) is 5.91 Å². The topological polar surface area (TPSA) is 68.3 Å². The Balaban J connectivity index is 1.93. The SMILES string of the molecule is C=CC(=O)Nc1ccc(C(=O)OCc2ccncc2)cc1. The molecule has 1 amide bonds. The number of rotatable bonds is 5. The van der Waals surface area contributed by atoms with Gasteiger partial charge < -0.3 is 10.1 Å². The Labute approximate surface area is 122 Å². The van der Waals surface area contributed by atoms with Crippen LogP contribution < -0.4 is 5.32 Å². The number of hydrogen-bond acceptors (Lipinski definition) is 4. The molecule has 0 radical (unpaired) electrons. The standard InChI is InChI=1S/C16H14N2O3/c1-2-15(19)18-14-5-3-13(4-6-14)16(20)21-11-12-7-9-17-10-8-12/h2-10H,1,11H2,(H,18,19). The van der Waals surface area contributed by atoms with Gasteiger partial charge in [-0.15, -0.1) is 0 Å². The third-order valence-electron chi connectivity index (χ3n) is 2.69. The molecule has 0 aliphatic heterocycles. The van der Waals surface area contributed by atoms with Crippen molar-refractivity contribution in [3.05, 3.63) is 72.6 Å². The van der Waals surface area contributed by atoms with Gasteiger partial charge in [-0.25, -0.2) is 4.79 Å². The number of aromatic nitrogens is 1. The molecule has 2 rings (SSSR count). The second-order valence-electron chi connectivity index (χ2n) is 4.20. The minimum absolute atomic E-state index is 0.191. The van der Waals surface area contributed by atoms with Crippen LogP contribution in [-0.4, -0.2) is 16.9 Å². The van der Waals surface area contributed by atoms with E-state index in [1.54, 1.807) is 48.8 Å². The van der Waals surface area contributed by atoms with Gasteiger partial charge >= 0.3 is 5.97 Å². The normalized spacial score (nSPS) is 9.71. The lowest BCUT2D eigenvalue weighted by Crippen LogP contribution is -2.08. The molecule has 2 aromatic rings. The lowest BCUT2D eigenvalue weighted by Gasteiger charge is -2.06. The fraction of sp³-hybridized carbons (Fsp3) is 0.0625. The number of pyridine rings is 1. The maximum absolute atomic E-state index is 11.9. The molecular weight excluding hydrogens is 268 g/mol. The molecule has 21 heavy (non-hydrogen) atoms. The third kappa shape index (κ3) is 4.28. The number of carbonyl (C=O) groups excluding carboxylic acids is 2. The molecule has 0 aliphatic carbocycles. The largest absolute Gasteiger partial charge is 0.457 e. The zero-order chi connectivity index (χ0) is 15.1. The minimum Gasteiger partial charge on any atom is -0.457 e. The van der Waals surface area contributed by atoms with Gasteiger partial charge in [0.05, 0.1) is 5.56 Å². The fourth-order valence-corrected chi connectivity index (χ4v) is 1.59. The van der Waals surface area contributed by atoms with E-state index in [9.17, 15) is 9.59 Å². The molecule has 0 aliphatic rings. The first-order valence-corrected chi connectivity index (χ1v) is 6.28. The molecule has 0 saturated heterocycles. The number of benzene rings is 1. The molecule has 0 fully saturated rings. The minimum atomic E-state index is -0.423. The summed E-state index contributed by atoms with van der Waals surface area (Å²) in [7, 11) is 0. The Bertz CT molecular complexity index is 636. The first-order chi connectivity index (χ1) is 10.2. The molecule has 0 spiro atoms. The van der Waals surface area contributed by atoms with Crippen LogP contribution in [0, 0.1) is 0 Å². The molecule has 0 unspecified atom stereocenters. The van der Waals surface area contributed by atoms with Crippen LogP contribution in [0.15, 0.2) is 61.4 Å². The van der Waals surface area contributed by atoms with Crippen LogP contribution in [0.5, 0.6) is 0 Å². The summed E-state index contributed by atoms with van der Waals surface area (Å²) in [4.78, 5) is 26.9. The third-order valence-corrected chi connectivity index (χ3v) is 2.69. The van der Waals surface area contributed by atoms with Gasteiger partial charge in [0.1, 0.15) is 6.61 Å². The Kier molecular flexibility index (Phi) is 4.82. The molecule has 1 aromatic heterocycles. The van der Waals surface area contributed by atoms with Crippen LogP contribution in [0.25, 0.3) is 0 Å². The van der Waals surface area contributed by atoms with Gasteiger partial charge in [-0.3, -0.25) is 9.78 Å². The van der Waals surface area contributed by atoms with Gasteiger partial charge in [0.15, 0.2) is 0 Å². The van der Waals surface area contributed by atoms with Gasteiger partial charge in [0, 0.05) is 18.1 Å². The summed E-state index contributed by atoms with van der Waals surface area (Å²) >= 11 is 0. The van der Waals surface area contributed by atoms with E-state index < -0.39 is 5.97 Å². The van der Waals surface area contributed by atoms with E-state index in [1.165, 1.54) is 6.08 Å². The summed E-state index contributed by atoms with van der Waals surface area (Å²) in [5.74, 6) is -0.726. The zero-order valence-electron chi connectivity index (χ0n) is 11.3. The molecule has 1 heterocycles. The maximum Gasteiger partial charge on any atom is 0.338 e. The van der Waals surface area contributed by atoms with E-state index in [-0.39, 0.29) is 12.5 Å². The second-order valence-corrected chi connectivity index (χ2v) is 4.20. The van der Waals surface area contributed by atoms with E-state index in [1.807, 2.05) is 0 Å². The number of carbonyl (C=O) groups is 2. The maximum atomic E-state index is 11.9. The number of amides is 1. The van der Waals surface area contributed by atoms with Gasteiger partial charge in [0.25, 0.3) is 0 Å². The van der Waals surface area contributed by atoms with Crippen molar-refractivity contribution in [2.45, 2.75) is 6.61 Å². The highest BCUT2D eigenvalue weighted by Crippen LogP contribution is 2.11. The molecule has 0 bridgehead atoms. The summed E-state index contributed by atoms with van der Waals surface area (Å²) in [5, 5.41) is 2.60. The van der Waals surface area contributed by atoms with E-state index in [4.69, 9.17) is 4.74 Å². The number of ether oxygens (including phenoxy) is 1. The van der Waals surface area contributed by atoms with Crippen LogP contribution in [0.1, 0.15) is 15.9 Å². The summed E-state index contributed by atoms with van der Waals surface area (Å²) < 4.78 is 5.19. The van der Waals surface area contributed by atoms with Crippen LogP contribution in [0.4, 0.5) is 5.69 Å². The number of nitrogens with one attached hydrogen (secondary N) is 1. The highest BCUT2D eigenvalue weighted by atomic mass is 16.5. The molecular formula is C16H14N2O3. The van der Waals surface area contributed by atoms with Gasteiger partial charge in [-0.2, -0.15) is 0 Å². The molecule has 1 aromatic carbocycles.